The first-order valence-corrected chi connectivity index (χ1v) is 8.51. The van der Waals surface area contributed by atoms with Crippen LogP contribution in [0.25, 0.3) is 34.1 Å². The van der Waals surface area contributed by atoms with Gasteiger partial charge in [0.1, 0.15) is 0 Å². The lowest BCUT2D eigenvalue weighted by molar-refractivity contribution is 0.432. The zero-order valence-electron chi connectivity index (χ0n) is 11.7. The molecule has 0 saturated heterocycles. The van der Waals surface area contributed by atoms with Crippen LogP contribution in [0.2, 0.25) is 0 Å². The molecule has 0 amide bonds. The van der Waals surface area contributed by atoms with Gasteiger partial charge < -0.3 is 4.52 Å². The van der Waals surface area contributed by atoms with Crippen LogP contribution in [0, 0.1) is 6.92 Å². The van der Waals surface area contributed by atoms with E-state index in [4.69, 9.17) is 4.52 Å². The van der Waals surface area contributed by atoms with Gasteiger partial charge in [-0.2, -0.15) is 16.3 Å². The maximum atomic E-state index is 5.32. The fraction of sp³-hybridized carbons (Fsp3) is 0.0625. The number of aromatic nitrogens is 3. The normalized spacial score (nSPS) is 11.0. The Labute approximate surface area is 135 Å². The molecule has 4 rings (SSSR count). The van der Waals surface area contributed by atoms with Crippen LogP contribution in [0.5, 0.6) is 0 Å². The quantitative estimate of drug-likeness (QED) is 0.538. The van der Waals surface area contributed by atoms with Crippen molar-refractivity contribution in [3.63, 3.8) is 0 Å². The number of nitrogens with zero attached hydrogens (tertiary/aromatic N) is 3. The summed E-state index contributed by atoms with van der Waals surface area (Å²) in [7, 11) is 0. The lowest BCUT2D eigenvalue weighted by Crippen LogP contribution is -1.83. The molecule has 1 aromatic carbocycles. The summed E-state index contributed by atoms with van der Waals surface area (Å²) in [5.41, 5.74) is 3.98. The van der Waals surface area contributed by atoms with E-state index in [1.165, 1.54) is 0 Å². The molecule has 0 atom stereocenters. The molecule has 0 aliphatic carbocycles. The third-order valence-corrected chi connectivity index (χ3v) is 4.71. The van der Waals surface area contributed by atoms with E-state index in [0.29, 0.717) is 11.7 Å². The summed E-state index contributed by atoms with van der Waals surface area (Å²) < 4.78 is 5.32. The molecule has 0 saturated carbocycles. The Morgan fingerprint density at radius 1 is 0.909 bits per heavy atom. The minimum Gasteiger partial charge on any atom is -0.334 e. The van der Waals surface area contributed by atoms with Crippen molar-refractivity contribution < 1.29 is 4.52 Å². The number of thiophene rings is 1. The highest BCUT2D eigenvalue weighted by molar-refractivity contribution is 7.09. The summed E-state index contributed by atoms with van der Waals surface area (Å²) in [5, 5.41) is 11.2. The highest BCUT2D eigenvalue weighted by Crippen LogP contribution is 2.26. The largest absolute Gasteiger partial charge is 0.334 e. The van der Waals surface area contributed by atoms with Crippen LogP contribution in [0.15, 0.2) is 51.0 Å². The van der Waals surface area contributed by atoms with Crippen LogP contribution in [0.4, 0.5) is 0 Å². The first kappa shape index (κ1) is 13.4. The maximum absolute atomic E-state index is 5.32. The second-order valence-electron chi connectivity index (χ2n) is 4.76. The van der Waals surface area contributed by atoms with E-state index in [1.54, 1.807) is 22.7 Å². The highest BCUT2D eigenvalue weighted by atomic mass is 32.1. The topological polar surface area (TPSA) is 51.8 Å². The number of aryl methyl sites for hydroxylation is 1. The molecule has 6 heteroatoms. The van der Waals surface area contributed by atoms with Crippen LogP contribution in [-0.4, -0.2) is 15.1 Å². The predicted molar refractivity (Wildman–Crippen MR) is 88.9 cm³/mol. The lowest BCUT2D eigenvalue weighted by Gasteiger charge is -1.98. The third kappa shape index (κ3) is 2.47. The molecule has 0 N–H and O–H groups in total. The summed E-state index contributed by atoms with van der Waals surface area (Å²) >= 11 is 3.26. The Hall–Kier alpha value is -2.31. The van der Waals surface area contributed by atoms with Gasteiger partial charge in [-0.05, 0) is 18.4 Å². The van der Waals surface area contributed by atoms with Gasteiger partial charge >= 0.3 is 0 Å². The van der Waals surface area contributed by atoms with Gasteiger partial charge in [0.15, 0.2) is 0 Å². The molecule has 0 unspecified atom stereocenters. The summed E-state index contributed by atoms with van der Waals surface area (Å²) in [5.74, 6) is 1.15. The van der Waals surface area contributed by atoms with Gasteiger partial charge in [-0.15, -0.1) is 11.3 Å². The van der Waals surface area contributed by atoms with Crippen molar-refractivity contribution in [3.05, 3.63) is 51.5 Å². The van der Waals surface area contributed by atoms with Gasteiger partial charge in [0.25, 0.3) is 5.89 Å². The van der Waals surface area contributed by atoms with Gasteiger partial charge in [0.2, 0.25) is 5.82 Å². The molecule has 4 aromatic rings. The lowest BCUT2D eigenvalue weighted by atomic mass is 10.1. The molecule has 0 bridgehead atoms. The summed E-state index contributed by atoms with van der Waals surface area (Å²) in [6.45, 7) is 2.01. The molecule has 0 aliphatic rings. The van der Waals surface area contributed by atoms with Crippen LogP contribution in [0.1, 0.15) is 5.01 Å². The van der Waals surface area contributed by atoms with E-state index in [2.05, 4.69) is 20.5 Å². The second kappa shape index (κ2) is 5.47. The Bertz CT molecular complexity index is 892. The Morgan fingerprint density at radius 3 is 2.41 bits per heavy atom. The standard InChI is InChI=1S/C16H11N3OS2/c1-10-17-14(9-22-10)11-2-4-12(5-3-11)15-18-16(20-19-15)13-6-7-21-8-13/h2-9H,1H3. The number of benzene rings is 1. The van der Waals surface area contributed by atoms with Crippen LogP contribution < -0.4 is 0 Å². The van der Waals surface area contributed by atoms with Crippen molar-refractivity contribution in [2.75, 3.05) is 0 Å². The third-order valence-electron chi connectivity index (χ3n) is 3.25. The Morgan fingerprint density at radius 2 is 1.73 bits per heavy atom. The SMILES string of the molecule is Cc1nc(-c2ccc(-c3noc(-c4ccsc4)n3)cc2)cs1. The first-order valence-electron chi connectivity index (χ1n) is 6.69. The highest BCUT2D eigenvalue weighted by Gasteiger charge is 2.11. The molecule has 0 fully saturated rings. The molecule has 3 aromatic heterocycles. The smallest absolute Gasteiger partial charge is 0.259 e. The minimum atomic E-state index is 0.551. The molecule has 0 radical (unpaired) electrons. The summed E-state index contributed by atoms with van der Waals surface area (Å²) in [4.78, 5) is 8.94. The number of thiazole rings is 1. The summed E-state index contributed by atoms with van der Waals surface area (Å²) in [6.07, 6.45) is 0. The van der Waals surface area contributed by atoms with Crippen LogP contribution >= 0.6 is 22.7 Å². The fourth-order valence-electron chi connectivity index (χ4n) is 2.13. The van der Waals surface area contributed by atoms with E-state index in [0.717, 1.165) is 27.4 Å². The van der Waals surface area contributed by atoms with E-state index < -0.39 is 0 Å². The van der Waals surface area contributed by atoms with Crippen molar-refractivity contribution in [1.29, 1.82) is 0 Å². The summed E-state index contributed by atoms with van der Waals surface area (Å²) in [6, 6.07) is 10.0. The zero-order chi connectivity index (χ0) is 14.9. The number of rotatable bonds is 3. The molecular formula is C16H11N3OS2. The molecule has 22 heavy (non-hydrogen) atoms. The molecule has 4 nitrogen and oxygen atoms in total. The zero-order valence-corrected chi connectivity index (χ0v) is 13.3. The average molecular weight is 325 g/mol. The van der Waals surface area contributed by atoms with Gasteiger partial charge in [0.05, 0.1) is 16.3 Å². The van der Waals surface area contributed by atoms with Crippen molar-refractivity contribution in [1.82, 2.24) is 15.1 Å². The Balaban J connectivity index is 1.63. The predicted octanol–water partition coefficient (Wildman–Crippen LogP) is 4.90. The van der Waals surface area contributed by atoms with Crippen molar-refractivity contribution >= 4 is 22.7 Å². The average Bonchev–Trinajstić information content (AvgIpc) is 3.28. The van der Waals surface area contributed by atoms with E-state index in [9.17, 15) is 0 Å². The monoisotopic (exact) mass is 325 g/mol. The van der Waals surface area contributed by atoms with Crippen LogP contribution in [-0.2, 0) is 0 Å². The van der Waals surface area contributed by atoms with Crippen LogP contribution in [0.3, 0.4) is 0 Å². The molecule has 3 heterocycles. The molecule has 108 valence electrons. The second-order valence-corrected chi connectivity index (χ2v) is 6.61. The van der Waals surface area contributed by atoms with Crippen molar-refractivity contribution in [2.24, 2.45) is 0 Å². The Kier molecular flexibility index (Phi) is 3.32. The first-order chi connectivity index (χ1) is 10.8. The van der Waals surface area contributed by atoms with Crippen molar-refractivity contribution in [3.8, 4) is 34.1 Å². The maximum Gasteiger partial charge on any atom is 0.259 e. The number of hydrogen-bond donors (Lipinski definition) is 0. The van der Waals surface area contributed by atoms with Crippen molar-refractivity contribution in [2.45, 2.75) is 6.92 Å². The fourth-order valence-corrected chi connectivity index (χ4v) is 3.38. The number of hydrogen-bond acceptors (Lipinski definition) is 6. The van der Waals surface area contributed by atoms with Gasteiger partial charge in [-0.1, -0.05) is 29.4 Å². The molecule has 0 spiro atoms. The molecule has 0 aliphatic heterocycles. The van der Waals surface area contributed by atoms with Gasteiger partial charge in [0, 0.05) is 21.9 Å². The molecular weight excluding hydrogens is 314 g/mol. The van der Waals surface area contributed by atoms with E-state index in [-0.39, 0.29) is 0 Å². The van der Waals surface area contributed by atoms with E-state index in [1.807, 2.05) is 48.0 Å². The van der Waals surface area contributed by atoms with E-state index >= 15 is 0 Å². The van der Waals surface area contributed by atoms with Gasteiger partial charge in [-0.3, -0.25) is 0 Å². The minimum absolute atomic E-state index is 0.551. The van der Waals surface area contributed by atoms with Gasteiger partial charge in [-0.25, -0.2) is 4.98 Å².